The molecule has 0 radical (unpaired) electrons. The zero-order valence-electron chi connectivity index (χ0n) is 11.2. The monoisotopic (exact) mass is 335 g/mol. The first-order chi connectivity index (χ1) is 9.63. The van der Waals surface area contributed by atoms with Crippen LogP contribution in [0.4, 0.5) is 0 Å². The molecule has 0 aliphatic heterocycles. The first kappa shape index (κ1) is 14.5. The summed E-state index contributed by atoms with van der Waals surface area (Å²) in [5, 5.41) is 0. The molecule has 0 saturated carbocycles. The van der Waals surface area contributed by atoms with Crippen LogP contribution in [0.2, 0.25) is 0 Å². The van der Waals surface area contributed by atoms with E-state index in [2.05, 4.69) is 20.9 Å². The van der Waals surface area contributed by atoms with Gasteiger partial charge in [-0.05, 0) is 46.6 Å². The Bertz CT molecular complexity index is 629. The second-order valence-corrected chi connectivity index (χ2v) is 5.17. The van der Waals surface area contributed by atoms with Crippen molar-refractivity contribution in [3.05, 3.63) is 51.8 Å². The van der Waals surface area contributed by atoms with Gasteiger partial charge < -0.3 is 9.47 Å². The Morgan fingerprint density at radius 2 is 2.10 bits per heavy atom. The molecule has 2 aromatic rings. The normalized spacial score (nSPS) is 10.2. The minimum atomic E-state index is 0.379. The fourth-order valence-corrected chi connectivity index (χ4v) is 2.37. The summed E-state index contributed by atoms with van der Waals surface area (Å²) in [6, 6.07) is 5.34. The van der Waals surface area contributed by atoms with Gasteiger partial charge >= 0.3 is 0 Å². The molecule has 0 spiro atoms. The number of aldehydes is 1. The molecule has 0 fully saturated rings. The maximum atomic E-state index is 10.8. The number of carbonyl (C=O) groups is 1. The number of ether oxygens (including phenoxy) is 2. The Morgan fingerprint density at radius 1 is 1.30 bits per heavy atom. The van der Waals surface area contributed by atoms with Gasteiger partial charge in [-0.25, -0.2) is 0 Å². The maximum Gasteiger partial charge on any atom is 0.175 e. The van der Waals surface area contributed by atoms with Crippen LogP contribution in [0.25, 0.3) is 0 Å². The average Bonchev–Trinajstić information content (AvgIpc) is 2.45. The molecule has 1 aromatic heterocycles. The lowest BCUT2D eigenvalue weighted by Crippen LogP contribution is -2.00. The lowest BCUT2D eigenvalue weighted by Gasteiger charge is -2.13. The SMILES string of the molecule is COc1cc(C=O)cc(Br)c1OCc1cncc(C)c1. The number of benzene rings is 1. The molecule has 4 nitrogen and oxygen atoms in total. The van der Waals surface area contributed by atoms with Gasteiger partial charge in [-0.3, -0.25) is 9.78 Å². The van der Waals surface area contributed by atoms with Crippen LogP contribution in [0.3, 0.4) is 0 Å². The van der Waals surface area contributed by atoms with Crippen molar-refractivity contribution < 1.29 is 14.3 Å². The molecule has 20 heavy (non-hydrogen) atoms. The number of carbonyl (C=O) groups excluding carboxylic acids is 1. The maximum absolute atomic E-state index is 10.8. The summed E-state index contributed by atoms with van der Waals surface area (Å²) in [6.45, 7) is 2.36. The Labute approximate surface area is 125 Å². The van der Waals surface area contributed by atoms with Gasteiger partial charge in [0.1, 0.15) is 12.9 Å². The number of hydrogen-bond donors (Lipinski definition) is 0. The smallest absolute Gasteiger partial charge is 0.175 e. The van der Waals surface area contributed by atoms with E-state index in [1.54, 1.807) is 24.5 Å². The molecule has 0 amide bonds. The molecule has 0 N–H and O–H groups in total. The van der Waals surface area contributed by atoms with Gasteiger partial charge in [0.25, 0.3) is 0 Å². The van der Waals surface area contributed by atoms with Crippen molar-refractivity contribution in [3.63, 3.8) is 0 Å². The lowest BCUT2D eigenvalue weighted by atomic mass is 10.2. The summed E-state index contributed by atoms with van der Waals surface area (Å²) < 4.78 is 11.7. The number of halogens is 1. The van der Waals surface area contributed by atoms with Gasteiger partial charge in [0.05, 0.1) is 11.6 Å². The highest BCUT2D eigenvalue weighted by atomic mass is 79.9. The van der Waals surface area contributed by atoms with Crippen molar-refractivity contribution in [2.45, 2.75) is 13.5 Å². The van der Waals surface area contributed by atoms with Gasteiger partial charge in [0.15, 0.2) is 11.5 Å². The van der Waals surface area contributed by atoms with E-state index in [1.807, 2.05) is 13.0 Å². The second-order valence-electron chi connectivity index (χ2n) is 4.31. The highest BCUT2D eigenvalue weighted by Gasteiger charge is 2.11. The standard InChI is InChI=1S/C15H14BrNO3/c1-10-3-12(7-17-6-10)9-20-15-13(16)4-11(8-18)5-14(15)19-2/h3-8H,9H2,1-2H3. The summed E-state index contributed by atoms with van der Waals surface area (Å²) in [4.78, 5) is 14.9. The van der Waals surface area contributed by atoms with E-state index in [0.717, 1.165) is 17.4 Å². The van der Waals surface area contributed by atoms with Crippen molar-refractivity contribution in [1.82, 2.24) is 4.98 Å². The van der Waals surface area contributed by atoms with Crippen molar-refractivity contribution in [2.24, 2.45) is 0 Å². The molecule has 2 rings (SSSR count). The molecule has 0 atom stereocenters. The molecule has 0 aliphatic carbocycles. The number of nitrogens with zero attached hydrogens (tertiary/aromatic N) is 1. The first-order valence-electron chi connectivity index (χ1n) is 6.00. The first-order valence-corrected chi connectivity index (χ1v) is 6.79. The van der Waals surface area contributed by atoms with Crippen molar-refractivity contribution in [3.8, 4) is 11.5 Å². The molecular formula is C15H14BrNO3. The molecule has 5 heteroatoms. The third-order valence-electron chi connectivity index (χ3n) is 2.70. The zero-order chi connectivity index (χ0) is 14.5. The molecular weight excluding hydrogens is 322 g/mol. The predicted octanol–water partition coefficient (Wildman–Crippen LogP) is 3.55. The Hall–Kier alpha value is -1.88. The summed E-state index contributed by atoms with van der Waals surface area (Å²) in [5.41, 5.74) is 2.57. The van der Waals surface area contributed by atoms with Crippen molar-refractivity contribution in [2.75, 3.05) is 7.11 Å². The van der Waals surface area contributed by atoms with E-state index in [-0.39, 0.29) is 0 Å². The van der Waals surface area contributed by atoms with Crippen LogP contribution in [0, 0.1) is 6.92 Å². The fourth-order valence-electron chi connectivity index (χ4n) is 1.80. The Balaban J connectivity index is 2.22. The van der Waals surface area contributed by atoms with Crippen molar-refractivity contribution in [1.29, 1.82) is 0 Å². The topological polar surface area (TPSA) is 48.4 Å². The molecule has 0 unspecified atom stereocenters. The summed E-state index contributed by atoms with van der Waals surface area (Å²) in [7, 11) is 1.54. The third-order valence-corrected chi connectivity index (χ3v) is 3.29. The average molecular weight is 336 g/mol. The van der Waals surface area contributed by atoms with E-state index in [0.29, 0.717) is 28.1 Å². The van der Waals surface area contributed by atoms with E-state index in [4.69, 9.17) is 9.47 Å². The minimum absolute atomic E-state index is 0.379. The number of aryl methyl sites for hydroxylation is 1. The highest BCUT2D eigenvalue weighted by molar-refractivity contribution is 9.10. The van der Waals surface area contributed by atoms with Crippen LogP contribution in [0.1, 0.15) is 21.5 Å². The number of hydrogen-bond acceptors (Lipinski definition) is 4. The van der Waals surface area contributed by atoms with Crippen LogP contribution in [-0.4, -0.2) is 18.4 Å². The summed E-state index contributed by atoms with van der Waals surface area (Å²) >= 11 is 3.39. The number of methoxy groups -OCH3 is 1. The third kappa shape index (κ3) is 3.36. The summed E-state index contributed by atoms with van der Waals surface area (Å²) in [6.07, 6.45) is 4.31. The quantitative estimate of drug-likeness (QED) is 0.784. The molecule has 104 valence electrons. The van der Waals surface area contributed by atoms with Crippen LogP contribution >= 0.6 is 15.9 Å². The van der Waals surface area contributed by atoms with Crippen LogP contribution in [0.5, 0.6) is 11.5 Å². The van der Waals surface area contributed by atoms with Crippen LogP contribution < -0.4 is 9.47 Å². The predicted molar refractivity (Wildman–Crippen MR) is 79.4 cm³/mol. The van der Waals surface area contributed by atoms with E-state index in [9.17, 15) is 4.79 Å². The summed E-state index contributed by atoms with van der Waals surface area (Å²) in [5.74, 6) is 1.08. The van der Waals surface area contributed by atoms with Gasteiger partial charge in [-0.15, -0.1) is 0 Å². The number of aromatic nitrogens is 1. The Morgan fingerprint density at radius 3 is 2.75 bits per heavy atom. The molecule has 0 bridgehead atoms. The van der Waals surface area contributed by atoms with Gasteiger partial charge in [0.2, 0.25) is 0 Å². The number of pyridine rings is 1. The van der Waals surface area contributed by atoms with Gasteiger partial charge in [-0.1, -0.05) is 0 Å². The fraction of sp³-hybridized carbons (Fsp3) is 0.200. The second kappa shape index (κ2) is 6.52. The van der Waals surface area contributed by atoms with Crippen molar-refractivity contribution >= 4 is 22.2 Å². The molecule has 0 saturated heterocycles. The van der Waals surface area contributed by atoms with E-state index < -0.39 is 0 Å². The van der Waals surface area contributed by atoms with Gasteiger partial charge in [-0.2, -0.15) is 0 Å². The molecule has 1 heterocycles. The zero-order valence-corrected chi connectivity index (χ0v) is 12.8. The van der Waals surface area contributed by atoms with Crippen LogP contribution in [-0.2, 0) is 6.61 Å². The van der Waals surface area contributed by atoms with Crippen LogP contribution in [0.15, 0.2) is 35.1 Å². The molecule has 1 aromatic carbocycles. The highest BCUT2D eigenvalue weighted by Crippen LogP contribution is 2.36. The lowest BCUT2D eigenvalue weighted by molar-refractivity contribution is 0.112. The van der Waals surface area contributed by atoms with Gasteiger partial charge in [0, 0.05) is 23.5 Å². The largest absolute Gasteiger partial charge is 0.493 e. The minimum Gasteiger partial charge on any atom is -0.493 e. The Kier molecular flexibility index (Phi) is 4.74. The molecule has 0 aliphatic rings. The van der Waals surface area contributed by atoms with E-state index >= 15 is 0 Å². The van der Waals surface area contributed by atoms with E-state index in [1.165, 1.54) is 7.11 Å². The number of rotatable bonds is 5.